The molecule has 19 heavy (non-hydrogen) atoms. The molecule has 3 atom stereocenters. The minimum Gasteiger partial charge on any atom is -0.380 e. The average molecular weight is 270 g/mol. The third kappa shape index (κ3) is 5.41. The highest BCUT2D eigenvalue weighted by Crippen LogP contribution is 2.26. The number of nitrogens with zero attached hydrogens (tertiary/aromatic N) is 1. The normalized spacial score (nSPS) is 28.6. The van der Waals surface area contributed by atoms with Gasteiger partial charge in [0.05, 0.1) is 6.10 Å². The van der Waals surface area contributed by atoms with E-state index in [-0.39, 0.29) is 0 Å². The van der Waals surface area contributed by atoms with E-state index in [1.165, 1.54) is 25.9 Å². The van der Waals surface area contributed by atoms with Crippen LogP contribution in [0.5, 0.6) is 0 Å². The van der Waals surface area contributed by atoms with Gasteiger partial charge in [0.15, 0.2) is 0 Å². The van der Waals surface area contributed by atoms with Gasteiger partial charge in [0.25, 0.3) is 0 Å². The maximum atomic E-state index is 5.62. The minimum atomic E-state index is 0.364. The molecule has 114 valence electrons. The summed E-state index contributed by atoms with van der Waals surface area (Å²) in [6, 6.07) is 0.568. The standard InChI is InChI=1S/C16H34N2O/c1-7-16(5,11-17-13(2)3)12-18-9-8-14(4)15(10-18)19-6/h13-15,17H,7-12H2,1-6H3. The zero-order valence-electron chi connectivity index (χ0n) is 13.8. The summed E-state index contributed by atoms with van der Waals surface area (Å²) in [7, 11) is 1.85. The van der Waals surface area contributed by atoms with E-state index in [1.54, 1.807) is 0 Å². The van der Waals surface area contributed by atoms with Crippen LogP contribution in [0.2, 0.25) is 0 Å². The maximum Gasteiger partial charge on any atom is 0.0724 e. The van der Waals surface area contributed by atoms with Crippen LogP contribution in [-0.4, -0.2) is 50.3 Å². The van der Waals surface area contributed by atoms with Crippen LogP contribution in [0.3, 0.4) is 0 Å². The first-order valence-electron chi connectivity index (χ1n) is 7.88. The van der Waals surface area contributed by atoms with Crippen LogP contribution in [0.15, 0.2) is 0 Å². The first kappa shape index (κ1) is 16.9. The molecule has 0 amide bonds. The molecule has 0 spiro atoms. The van der Waals surface area contributed by atoms with Crippen molar-refractivity contribution in [2.45, 2.75) is 59.6 Å². The van der Waals surface area contributed by atoms with E-state index in [2.05, 4.69) is 44.8 Å². The van der Waals surface area contributed by atoms with Gasteiger partial charge in [0.1, 0.15) is 0 Å². The number of nitrogens with one attached hydrogen (secondary N) is 1. The molecule has 3 unspecified atom stereocenters. The number of likely N-dealkylation sites (tertiary alicyclic amines) is 1. The Bertz CT molecular complexity index is 257. The van der Waals surface area contributed by atoms with Crippen molar-refractivity contribution in [2.75, 3.05) is 33.3 Å². The second-order valence-corrected chi connectivity index (χ2v) is 6.98. The fourth-order valence-corrected chi connectivity index (χ4v) is 2.83. The lowest BCUT2D eigenvalue weighted by Crippen LogP contribution is -2.50. The van der Waals surface area contributed by atoms with E-state index in [0.717, 1.165) is 13.1 Å². The summed E-state index contributed by atoms with van der Waals surface area (Å²) in [5.41, 5.74) is 0.364. The molecule has 1 aliphatic rings. The average Bonchev–Trinajstić information content (AvgIpc) is 2.39. The first-order valence-corrected chi connectivity index (χ1v) is 7.88. The number of methoxy groups -OCH3 is 1. The lowest BCUT2D eigenvalue weighted by molar-refractivity contribution is -0.0170. The van der Waals surface area contributed by atoms with Gasteiger partial charge in [-0.1, -0.05) is 34.6 Å². The van der Waals surface area contributed by atoms with Crippen LogP contribution < -0.4 is 5.32 Å². The predicted octanol–water partition coefficient (Wildman–Crippen LogP) is 2.76. The fraction of sp³-hybridized carbons (Fsp3) is 1.00. The molecule has 0 aromatic carbocycles. The summed E-state index contributed by atoms with van der Waals surface area (Å²) in [6.07, 6.45) is 2.89. The Morgan fingerprint density at radius 2 is 2.11 bits per heavy atom. The van der Waals surface area contributed by atoms with Gasteiger partial charge in [-0.2, -0.15) is 0 Å². The molecule has 0 aromatic heterocycles. The molecule has 0 radical (unpaired) electrons. The van der Waals surface area contributed by atoms with Gasteiger partial charge >= 0.3 is 0 Å². The molecule has 1 saturated heterocycles. The van der Waals surface area contributed by atoms with Gasteiger partial charge in [-0.15, -0.1) is 0 Å². The zero-order chi connectivity index (χ0) is 14.5. The minimum absolute atomic E-state index is 0.364. The van der Waals surface area contributed by atoms with Crippen molar-refractivity contribution < 1.29 is 4.74 Å². The highest BCUT2D eigenvalue weighted by Gasteiger charge is 2.31. The smallest absolute Gasteiger partial charge is 0.0724 e. The highest BCUT2D eigenvalue weighted by molar-refractivity contribution is 4.85. The summed E-state index contributed by atoms with van der Waals surface area (Å²) in [6.45, 7) is 16.1. The van der Waals surface area contributed by atoms with Crippen LogP contribution in [-0.2, 0) is 4.74 Å². The number of piperidine rings is 1. The number of rotatable bonds is 7. The second kappa shape index (κ2) is 7.61. The van der Waals surface area contributed by atoms with Crippen LogP contribution >= 0.6 is 0 Å². The number of hydrogen-bond donors (Lipinski definition) is 1. The topological polar surface area (TPSA) is 24.5 Å². The van der Waals surface area contributed by atoms with Crippen LogP contribution in [0.1, 0.15) is 47.5 Å². The highest BCUT2D eigenvalue weighted by atomic mass is 16.5. The Morgan fingerprint density at radius 1 is 1.42 bits per heavy atom. The fourth-order valence-electron chi connectivity index (χ4n) is 2.83. The number of hydrogen-bond acceptors (Lipinski definition) is 3. The second-order valence-electron chi connectivity index (χ2n) is 6.98. The van der Waals surface area contributed by atoms with Gasteiger partial charge in [-0.25, -0.2) is 0 Å². The summed E-state index contributed by atoms with van der Waals surface area (Å²) in [4.78, 5) is 2.60. The molecule has 0 aliphatic carbocycles. The van der Waals surface area contributed by atoms with E-state index in [4.69, 9.17) is 4.74 Å². The van der Waals surface area contributed by atoms with Gasteiger partial charge < -0.3 is 15.0 Å². The molecule has 1 heterocycles. The van der Waals surface area contributed by atoms with Gasteiger partial charge in [0, 0.05) is 32.8 Å². The zero-order valence-corrected chi connectivity index (χ0v) is 13.8. The van der Waals surface area contributed by atoms with Crippen LogP contribution in [0.4, 0.5) is 0 Å². The molecule has 0 aromatic rings. The Labute approximate surface area is 120 Å². The Morgan fingerprint density at radius 3 is 2.63 bits per heavy atom. The van der Waals surface area contributed by atoms with Crippen LogP contribution in [0, 0.1) is 11.3 Å². The van der Waals surface area contributed by atoms with Crippen molar-refractivity contribution in [3.05, 3.63) is 0 Å². The molecule has 3 nitrogen and oxygen atoms in total. The molecular formula is C16H34N2O. The van der Waals surface area contributed by atoms with Gasteiger partial charge in [-0.3, -0.25) is 0 Å². The lowest BCUT2D eigenvalue weighted by Gasteiger charge is -2.41. The van der Waals surface area contributed by atoms with Crippen molar-refractivity contribution in [3.8, 4) is 0 Å². The van der Waals surface area contributed by atoms with Crippen molar-refractivity contribution >= 4 is 0 Å². The quantitative estimate of drug-likeness (QED) is 0.770. The van der Waals surface area contributed by atoms with E-state index in [1.807, 2.05) is 7.11 Å². The van der Waals surface area contributed by atoms with Crippen LogP contribution in [0.25, 0.3) is 0 Å². The van der Waals surface area contributed by atoms with Gasteiger partial charge in [-0.05, 0) is 30.7 Å². The van der Waals surface area contributed by atoms with E-state index < -0.39 is 0 Å². The van der Waals surface area contributed by atoms with E-state index in [9.17, 15) is 0 Å². The molecule has 1 fully saturated rings. The SMILES string of the molecule is CCC(C)(CNC(C)C)CN1CCC(C)C(OC)C1. The summed E-state index contributed by atoms with van der Waals surface area (Å²) in [5, 5.41) is 3.60. The molecule has 3 heteroatoms. The third-order valence-corrected chi connectivity index (χ3v) is 4.67. The van der Waals surface area contributed by atoms with Crippen molar-refractivity contribution in [1.82, 2.24) is 10.2 Å². The Hall–Kier alpha value is -0.120. The molecule has 1 aliphatic heterocycles. The molecule has 1 N–H and O–H groups in total. The van der Waals surface area contributed by atoms with E-state index in [0.29, 0.717) is 23.5 Å². The van der Waals surface area contributed by atoms with Crippen molar-refractivity contribution in [1.29, 1.82) is 0 Å². The van der Waals surface area contributed by atoms with Crippen molar-refractivity contribution in [2.24, 2.45) is 11.3 Å². The molecule has 0 bridgehead atoms. The number of ether oxygens (including phenoxy) is 1. The maximum absolute atomic E-state index is 5.62. The third-order valence-electron chi connectivity index (χ3n) is 4.67. The summed E-state index contributed by atoms with van der Waals surface area (Å²) >= 11 is 0. The molecule has 0 saturated carbocycles. The Balaban J connectivity index is 2.50. The molecular weight excluding hydrogens is 236 g/mol. The Kier molecular flexibility index (Phi) is 6.78. The molecule has 1 rings (SSSR count). The van der Waals surface area contributed by atoms with Crippen molar-refractivity contribution in [3.63, 3.8) is 0 Å². The summed E-state index contributed by atoms with van der Waals surface area (Å²) in [5.74, 6) is 0.697. The van der Waals surface area contributed by atoms with E-state index >= 15 is 0 Å². The summed E-state index contributed by atoms with van der Waals surface area (Å²) < 4.78 is 5.62. The largest absolute Gasteiger partial charge is 0.380 e. The predicted molar refractivity (Wildman–Crippen MR) is 82.6 cm³/mol. The van der Waals surface area contributed by atoms with Gasteiger partial charge in [0.2, 0.25) is 0 Å². The first-order chi connectivity index (χ1) is 8.90. The monoisotopic (exact) mass is 270 g/mol. The lowest BCUT2D eigenvalue weighted by atomic mass is 9.85.